The number of ether oxygens (including phenoxy) is 2. The molecule has 104 valence electrons. The van der Waals surface area contributed by atoms with E-state index < -0.39 is 18.0 Å². The average molecular weight is 260 g/mol. The molecule has 18 heavy (non-hydrogen) atoms. The number of carboxylic acids is 1. The lowest BCUT2D eigenvalue weighted by molar-refractivity contribution is -0.139. The lowest BCUT2D eigenvalue weighted by Gasteiger charge is -2.19. The summed E-state index contributed by atoms with van der Waals surface area (Å²) in [5.41, 5.74) is 0. The number of nitrogens with zero attached hydrogens (tertiary/aromatic N) is 1. The summed E-state index contributed by atoms with van der Waals surface area (Å²) >= 11 is 0. The van der Waals surface area contributed by atoms with Gasteiger partial charge in [0.2, 0.25) is 0 Å². The molecule has 0 radical (unpaired) electrons. The predicted molar refractivity (Wildman–Crippen MR) is 63.4 cm³/mol. The molecule has 1 fully saturated rings. The minimum atomic E-state index is -1.03. The monoisotopic (exact) mass is 260 g/mol. The summed E-state index contributed by atoms with van der Waals surface area (Å²) in [7, 11) is 3.12. The van der Waals surface area contributed by atoms with Crippen molar-refractivity contribution in [2.75, 3.05) is 27.3 Å². The molecule has 1 saturated heterocycles. The van der Waals surface area contributed by atoms with Gasteiger partial charge in [-0.15, -0.1) is 0 Å². The zero-order valence-electron chi connectivity index (χ0n) is 10.9. The van der Waals surface area contributed by atoms with Crippen molar-refractivity contribution in [1.29, 1.82) is 0 Å². The smallest absolute Gasteiger partial charge is 0.326 e. The number of carbonyl (C=O) groups excluding carboxylic acids is 1. The van der Waals surface area contributed by atoms with Crippen molar-refractivity contribution in [3.05, 3.63) is 0 Å². The quantitative estimate of drug-likeness (QED) is 0.721. The molecule has 7 nitrogen and oxygen atoms in total. The Bertz CT molecular complexity index is 298. The van der Waals surface area contributed by atoms with Gasteiger partial charge in [0.15, 0.2) is 0 Å². The van der Waals surface area contributed by atoms with Crippen molar-refractivity contribution in [3.8, 4) is 0 Å². The Balaban J connectivity index is 2.55. The number of aliphatic carboxylic acids is 1. The van der Waals surface area contributed by atoms with Gasteiger partial charge in [-0.3, -0.25) is 0 Å². The molecule has 0 aromatic rings. The fraction of sp³-hybridized carbons (Fsp3) is 0.818. The molecule has 0 saturated carbocycles. The predicted octanol–water partition coefficient (Wildman–Crippen LogP) is -0.0952. The third-order valence-corrected chi connectivity index (χ3v) is 3.11. The average Bonchev–Trinajstić information content (AvgIpc) is 2.78. The first-order valence-electron chi connectivity index (χ1n) is 5.87. The van der Waals surface area contributed by atoms with Gasteiger partial charge in [0.05, 0.1) is 13.1 Å². The number of hydrogen-bond donors (Lipinski definition) is 2. The molecule has 1 aliphatic heterocycles. The molecule has 1 heterocycles. The van der Waals surface area contributed by atoms with Gasteiger partial charge in [0, 0.05) is 14.2 Å². The van der Waals surface area contributed by atoms with Gasteiger partial charge >= 0.3 is 12.0 Å². The highest BCUT2D eigenvalue weighted by Gasteiger charge is 2.36. The van der Waals surface area contributed by atoms with Crippen LogP contribution in [0.25, 0.3) is 0 Å². The molecule has 0 spiro atoms. The Morgan fingerprint density at radius 2 is 1.83 bits per heavy atom. The second-order valence-electron chi connectivity index (χ2n) is 4.20. The SMILES string of the molecule is CCC(NC(=O)N1CC(OC)C(OC)C1)C(=O)O. The molecule has 7 heteroatoms. The van der Waals surface area contributed by atoms with E-state index in [4.69, 9.17) is 14.6 Å². The molecule has 1 aliphatic rings. The Hall–Kier alpha value is -1.34. The summed E-state index contributed by atoms with van der Waals surface area (Å²) in [6.07, 6.45) is -0.00706. The number of carboxylic acid groups (broad SMARTS) is 1. The zero-order chi connectivity index (χ0) is 13.7. The van der Waals surface area contributed by atoms with E-state index in [2.05, 4.69) is 5.32 Å². The molecular weight excluding hydrogens is 240 g/mol. The van der Waals surface area contributed by atoms with Gasteiger partial charge in [0.1, 0.15) is 18.2 Å². The van der Waals surface area contributed by atoms with Crippen LogP contribution in [0.4, 0.5) is 4.79 Å². The van der Waals surface area contributed by atoms with Crippen LogP contribution in [0.5, 0.6) is 0 Å². The summed E-state index contributed by atoms with van der Waals surface area (Å²) < 4.78 is 10.4. The molecule has 3 unspecified atom stereocenters. The normalized spacial score (nSPS) is 24.9. The first kappa shape index (κ1) is 14.7. The van der Waals surface area contributed by atoms with Crippen molar-refractivity contribution in [2.24, 2.45) is 0 Å². The van der Waals surface area contributed by atoms with Crippen LogP contribution >= 0.6 is 0 Å². The lowest BCUT2D eigenvalue weighted by Crippen LogP contribution is -2.47. The Morgan fingerprint density at radius 3 is 2.17 bits per heavy atom. The second kappa shape index (κ2) is 6.55. The molecule has 0 aromatic carbocycles. The van der Waals surface area contributed by atoms with Crippen molar-refractivity contribution in [3.63, 3.8) is 0 Å². The van der Waals surface area contributed by atoms with E-state index in [9.17, 15) is 9.59 Å². The highest BCUT2D eigenvalue weighted by molar-refractivity contribution is 5.82. The fourth-order valence-corrected chi connectivity index (χ4v) is 1.94. The number of methoxy groups -OCH3 is 2. The number of urea groups is 1. The van der Waals surface area contributed by atoms with Crippen LogP contribution in [-0.4, -0.2) is 67.6 Å². The maximum atomic E-state index is 11.9. The minimum absolute atomic E-state index is 0.175. The Labute approximate surface area is 106 Å². The van der Waals surface area contributed by atoms with Crippen LogP contribution in [0.15, 0.2) is 0 Å². The van der Waals surface area contributed by atoms with Crippen molar-refractivity contribution in [2.45, 2.75) is 31.6 Å². The summed E-state index contributed by atoms with van der Waals surface area (Å²) in [6, 6.07) is -1.26. The molecule has 0 bridgehead atoms. The second-order valence-corrected chi connectivity index (χ2v) is 4.20. The molecule has 1 rings (SSSR count). The Morgan fingerprint density at radius 1 is 1.33 bits per heavy atom. The van der Waals surface area contributed by atoms with E-state index in [1.54, 1.807) is 21.1 Å². The highest BCUT2D eigenvalue weighted by Crippen LogP contribution is 2.15. The summed E-state index contributed by atoms with van der Waals surface area (Å²) in [6.45, 7) is 2.51. The number of nitrogens with one attached hydrogen (secondary N) is 1. The largest absolute Gasteiger partial charge is 0.480 e. The molecule has 0 aliphatic carbocycles. The van der Waals surface area contributed by atoms with E-state index in [1.807, 2.05) is 0 Å². The zero-order valence-corrected chi connectivity index (χ0v) is 10.9. The number of amides is 2. The first-order valence-corrected chi connectivity index (χ1v) is 5.87. The molecule has 3 atom stereocenters. The van der Waals surface area contributed by atoms with Gasteiger partial charge in [-0.1, -0.05) is 6.92 Å². The van der Waals surface area contributed by atoms with Crippen molar-refractivity contribution in [1.82, 2.24) is 10.2 Å². The summed E-state index contributed by atoms with van der Waals surface area (Å²) in [5.74, 6) is -1.03. The number of rotatable bonds is 5. The maximum absolute atomic E-state index is 11.9. The van der Waals surface area contributed by atoms with Crippen molar-refractivity contribution < 1.29 is 24.2 Å². The topological polar surface area (TPSA) is 88.1 Å². The van der Waals surface area contributed by atoms with Crippen LogP contribution in [0.1, 0.15) is 13.3 Å². The first-order chi connectivity index (χ1) is 8.53. The van der Waals surface area contributed by atoms with Crippen LogP contribution in [0.3, 0.4) is 0 Å². The number of hydrogen-bond acceptors (Lipinski definition) is 4. The highest BCUT2D eigenvalue weighted by atomic mass is 16.5. The van der Waals surface area contributed by atoms with Gasteiger partial charge in [0.25, 0.3) is 0 Å². The number of carbonyl (C=O) groups is 2. The van der Waals surface area contributed by atoms with E-state index in [1.165, 1.54) is 4.90 Å². The van der Waals surface area contributed by atoms with Gasteiger partial charge in [-0.05, 0) is 6.42 Å². The third-order valence-electron chi connectivity index (χ3n) is 3.11. The van der Waals surface area contributed by atoms with Crippen LogP contribution in [0.2, 0.25) is 0 Å². The van der Waals surface area contributed by atoms with E-state index in [0.717, 1.165) is 0 Å². The van der Waals surface area contributed by atoms with Gasteiger partial charge in [-0.25, -0.2) is 9.59 Å². The summed E-state index contributed by atoms with van der Waals surface area (Å²) in [5, 5.41) is 11.4. The van der Waals surface area contributed by atoms with Gasteiger partial charge < -0.3 is 24.8 Å². The fourth-order valence-electron chi connectivity index (χ4n) is 1.94. The van der Waals surface area contributed by atoms with Crippen LogP contribution in [0, 0.1) is 0 Å². The van der Waals surface area contributed by atoms with E-state index in [-0.39, 0.29) is 12.2 Å². The Kier molecular flexibility index (Phi) is 5.36. The maximum Gasteiger partial charge on any atom is 0.326 e. The van der Waals surface area contributed by atoms with E-state index in [0.29, 0.717) is 19.5 Å². The van der Waals surface area contributed by atoms with Crippen LogP contribution in [-0.2, 0) is 14.3 Å². The summed E-state index contributed by atoms with van der Waals surface area (Å²) in [4.78, 5) is 24.2. The molecule has 2 N–H and O–H groups in total. The van der Waals surface area contributed by atoms with Crippen LogP contribution < -0.4 is 5.32 Å². The van der Waals surface area contributed by atoms with E-state index >= 15 is 0 Å². The van der Waals surface area contributed by atoms with Gasteiger partial charge in [-0.2, -0.15) is 0 Å². The molecule has 0 aromatic heterocycles. The lowest BCUT2D eigenvalue weighted by atomic mass is 10.2. The standard InChI is InChI=1S/C11H20N2O5/c1-4-7(10(14)15)12-11(16)13-5-8(17-2)9(6-13)18-3/h7-9H,4-6H2,1-3H3,(H,12,16)(H,14,15). The third kappa shape index (κ3) is 3.33. The molecular formula is C11H20N2O5. The number of likely N-dealkylation sites (tertiary alicyclic amines) is 1. The minimum Gasteiger partial charge on any atom is -0.480 e. The molecule has 2 amide bonds. The van der Waals surface area contributed by atoms with Crippen molar-refractivity contribution >= 4 is 12.0 Å².